The minimum absolute atomic E-state index is 0.0947. The highest BCUT2D eigenvalue weighted by molar-refractivity contribution is 9.10. The van der Waals surface area contributed by atoms with Crippen LogP contribution in [0.3, 0.4) is 0 Å². The third-order valence-corrected chi connectivity index (χ3v) is 4.81. The number of likely N-dealkylation sites (tertiary alicyclic amines) is 1. The van der Waals surface area contributed by atoms with E-state index in [4.69, 9.17) is 0 Å². The van der Waals surface area contributed by atoms with Crippen LogP contribution in [0.4, 0.5) is 4.39 Å². The molecule has 0 unspecified atom stereocenters. The molecule has 1 N–H and O–H groups in total. The smallest absolute Gasteiger partial charge is 0.255 e. The molecular weight excluding hydrogens is 325 g/mol. The molecule has 3 rings (SSSR count). The standard InChI is InChI=1S/C14H17BrFN3O/c15-13-11(2-1-3-12(13)16)14(20)19-8-10(9-19)18-6-4-17-5-7-18/h1-3,10,17H,4-9H2. The van der Waals surface area contributed by atoms with E-state index in [0.717, 1.165) is 39.3 Å². The fraction of sp³-hybridized carbons (Fsp3) is 0.500. The van der Waals surface area contributed by atoms with Crippen molar-refractivity contribution < 1.29 is 9.18 Å². The predicted octanol–water partition coefficient (Wildman–Crippen LogP) is 1.32. The average Bonchev–Trinajstić information content (AvgIpc) is 2.41. The van der Waals surface area contributed by atoms with Gasteiger partial charge in [0.15, 0.2) is 0 Å². The highest BCUT2D eigenvalue weighted by atomic mass is 79.9. The lowest BCUT2D eigenvalue weighted by Gasteiger charge is -2.46. The van der Waals surface area contributed by atoms with Gasteiger partial charge >= 0.3 is 0 Å². The fourth-order valence-corrected chi connectivity index (χ4v) is 3.17. The van der Waals surface area contributed by atoms with E-state index in [0.29, 0.717) is 11.6 Å². The molecule has 1 aromatic rings. The van der Waals surface area contributed by atoms with Gasteiger partial charge in [-0.15, -0.1) is 0 Å². The minimum Gasteiger partial charge on any atom is -0.335 e. The van der Waals surface area contributed by atoms with Gasteiger partial charge in [-0.25, -0.2) is 4.39 Å². The van der Waals surface area contributed by atoms with Crippen LogP contribution in [-0.4, -0.2) is 61.0 Å². The molecule has 0 saturated carbocycles. The lowest BCUT2D eigenvalue weighted by atomic mass is 10.0. The van der Waals surface area contributed by atoms with Crippen molar-refractivity contribution in [1.82, 2.24) is 15.1 Å². The molecule has 0 atom stereocenters. The van der Waals surface area contributed by atoms with Crippen molar-refractivity contribution in [3.63, 3.8) is 0 Å². The van der Waals surface area contributed by atoms with Gasteiger partial charge in [-0.3, -0.25) is 9.69 Å². The van der Waals surface area contributed by atoms with Crippen LogP contribution in [0.15, 0.2) is 22.7 Å². The summed E-state index contributed by atoms with van der Waals surface area (Å²) in [4.78, 5) is 16.5. The van der Waals surface area contributed by atoms with Crippen LogP contribution < -0.4 is 5.32 Å². The predicted molar refractivity (Wildman–Crippen MR) is 78.2 cm³/mol. The van der Waals surface area contributed by atoms with Crippen molar-refractivity contribution in [3.8, 4) is 0 Å². The first-order valence-electron chi connectivity index (χ1n) is 6.85. The largest absolute Gasteiger partial charge is 0.335 e. The van der Waals surface area contributed by atoms with E-state index in [1.54, 1.807) is 17.0 Å². The van der Waals surface area contributed by atoms with Gasteiger partial charge in [0, 0.05) is 45.3 Å². The summed E-state index contributed by atoms with van der Waals surface area (Å²) in [5.41, 5.74) is 0.406. The molecule has 4 nitrogen and oxygen atoms in total. The van der Waals surface area contributed by atoms with Crippen LogP contribution in [0, 0.1) is 5.82 Å². The van der Waals surface area contributed by atoms with Gasteiger partial charge in [0.05, 0.1) is 10.0 Å². The number of piperazine rings is 1. The number of halogens is 2. The van der Waals surface area contributed by atoms with Crippen LogP contribution in [-0.2, 0) is 0 Å². The number of hydrogen-bond donors (Lipinski definition) is 1. The average molecular weight is 342 g/mol. The maximum atomic E-state index is 13.5. The minimum atomic E-state index is -0.393. The second-order valence-electron chi connectivity index (χ2n) is 5.25. The lowest BCUT2D eigenvalue weighted by molar-refractivity contribution is 0.0226. The zero-order chi connectivity index (χ0) is 14.1. The summed E-state index contributed by atoms with van der Waals surface area (Å²) in [7, 11) is 0. The Morgan fingerprint density at radius 2 is 2.00 bits per heavy atom. The van der Waals surface area contributed by atoms with Crippen molar-refractivity contribution in [2.24, 2.45) is 0 Å². The summed E-state index contributed by atoms with van der Waals surface area (Å²) in [6.45, 7) is 5.58. The van der Waals surface area contributed by atoms with Gasteiger partial charge in [-0.05, 0) is 28.1 Å². The van der Waals surface area contributed by atoms with Crippen LogP contribution in [0.2, 0.25) is 0 Å². The molecule has 2 saturated heterocycles. The van der Waals surface area contributed by atoms with Gasteiger partial charge in [-0.1, -0.05) is 6.07 Å². The van der Waals surface area contributed by atoms with Crippen molar-refractivity contribution in [1.29, 1.82) is 0 Å². The summed E-state index contributed by atoms with van der Waals surface area (Å²) < 4.78 is 13.7. The molecule has 0 radical (unpaired) electrons. The van der Waals surface area contributed by atoms with Crippen LogP contribution >= 0.6 is 15.9 Å². The molecule has 0 spiro atoms. The van der Waals surface area contributed by atoms with Gasteiger partial charge < -0.3 is 10.2 Å². The molecule has 108 valence electrons. The third-order valence-electron chi connectivity index (χ3n) is 4.00. The van der Waals surface area contributed by atoms with Crippen molar-refractivity contribution in [3.05, 3.63) is 34.1 Å². The molecule has 2 aliphatic rings. The van der Waals surface area contributed by atoms with E-state index in [9.17, 15) is 9.18 Å². The van der Waals surface area contributed by atoms with E-state index < -0.39 is 5.82 Å². The summed E-state index contributed by atoms with van der Waals surface area (Å²) >= 11 is 3.15. The molecule has 2 fully saturated rings. The van der Waals surface area contributed by atoms with E-state index in [1.165, 1.54) is 6.07 Å². The molecule has 1 amide bonds. The fourth-order valence-electron chi connectivity index (χ4n) is 2.74. The molecule has 2 aliphatic heterocycles. The van der Waals surface area contributed by atoms with Crippen molar-refractivity contribution >= 4 is 21.8 Å². The van der Waals surface area contributed by atoms with E-state index in [2.05, 4.69) is 26.1 Å². The quantitative estimate of drug-likeness (QED) is 0.881. The molecule has 20 heavy (non-hydrogen) atoms. The summed E-state index contributed by atoms with van der Waals surface area (Å²) in [5.74, 6) is -0.488. The van der Waals surface area contributed by atoms with Crippen molar-refractivity contribution in [2.45, 2.75) is 6.04 Å². The topological polar surface area (TPSA) is 35.6 Å². The first kappa shape index (κ1) is 14.0. The maximum absolute atomic E-state index is 13.5. The molecule has 0 aliphatic carbocycles. The zero-order valence-electron chi connectivity index (χ0n) is 11.1. The number of nitrogens with one attached hydrogen (secondary N) is 1. The number of carbonyl (C=O) groups excluding carboxylic acids is 1. The van der Waals surface area contributed by atoms with Gasteiger partial charge in [-0.2, -0.15) is 0 Å². The summed E-state index contributed by atoms with van der Waals surface area (Å²) in [6, 6.07) is 5.03. The molecule has 6 heteroatoms. The molecule has 0 aromatic heterocycles. The van der Waals surface area contributed by atoms with E-state index >= 15 is 0 Å². The number of hydrogen-bond acceptors (Lipinski definition) is 3. The monoisotopic (exact) mass is 341 g/mol. The Balaban J connectivity index is 1.61. The Hall–Kier alpha value is -0.980. The van der Waals surface area contributed by atoms with Crippen LogP contribution in [0.25, 0.3) is 0 Å². The van der Waals surface area contributed by atoms with Crippen LogP contribution in [0.5, 0.6) is 0 Å². The third kappa shape index (κ3) is 2.60. The number of benzene rings is 1. The van der Waals surface area contributed by atoms with Crippen molar-refractivity contribution in [2.75, 3.05) is 39.3 Å². The number of nitrogens with zero attached hydrogens (tertiary/aromatic N) is 2. The first-order chi connectivity index (χ1) is 9.66. The van der Waals surface area contributed by atoms with Crippen LogP contribution in [0.1, 0.15) is 10.4 Å². The molecule has 1 aromatic carbocycles. The highest BCUT2D eigenvalue weighted by Gasteiger charge is 2.36. The Bertz CT molecular complexity index is 513. The molecule has 0 bridgehead atoms. The molecular formula is C14H17BrFN3O. The second-order valence-corrected chi connectivity index (χ2v) is 6.04. The van der Waals surface area contributed by atoms with Gasteiger partial charge in [0.2, 0.25) is 0 Å². The Kier molecular flexibility index (Phi) is 4.05. The maximum Gasteiger partial charge on any atom is 0.255 e. The first-order valence-corrected chi connectivity index (χ1v) is 7.64. The number of rotatable bonds is 2. The highest BCUT2D eigenvalue weighted by Crippen LogP contribution is 2.25. The van der Waals surface area contributed by atoms with Gasteiger partial charge in [0.1, 0.15) is 5.82 Å². The zero-order valence-corrected chi connectivity index (χ0v) is 12.7. The Morgan fingerprint density at radius 3 is 2.70 bits per heavy atom. The normalized spacial score (nSPS) is 20.8. The lowest BCUT2D eigenvalue weighted by Crippen LogP contribution is -2.63. The van der Waals surface area contributed by atoms with Gasteiger partial charge in [0.25, 0.3) is 5.91 Å². The molecule has 2 heterocycles. The Morgan fingerprint density at radius 1 is 1.30 bits per heavy atom. The summed E-state index contributed by atoms with van der Waals surface area (Å²) in [6.07, 6.45) is 0. The number of carbonyl (C=O) groups is 1. The SMILES string of the molecule is O=C(c1cccc(F)c1Br)N1CC(N2CCNCC2)C1. The number of amides is 1. The Labute approximate surface area is 126 Å². The summed E-state index contributed by atoms with van der Waals surface area (Å²) in [5, 5.41) is 3.32. The van der Waals surface area contributed by atoms with E-state index in [1.807, 2.05) is 0 Å². The second kappa shape index (κ2) is 5.79. The van der Waals surface area contributed by atoms with E-state index in [-0.39, 0.29) is 10.4 Å².